The van der Waals surface area contributed by atoms with Crippen molar-refractivity contribution in [3.05, 3.63) is 112 Å². The van der Waals surface area contributed by atoms with Crippen molar-refractivity contribution in [3.63, 3.8) is 0 Å². The lowest BCUT2D eigenvalue weighted by molar-refractivity contribution is -0.156. The molecular weight excluding hydrogens is 474 g/mol. The second-order valence-electron chi connectivity index (χ2n) is 11.0. The second-order valence-corrected chi connectivity index (χ2v) is 11.0. The van der Waals surface area contributed by atoms with Gasteiger partial charge in [0.15, 0.2) is 0 Å². The van der Waals surface area contributed by atoms with Crippen LogP contribution in [0.15, 0.2) is 78.4 Å². The molecule has 0 radical (unpaired) electrons. The van der Waals surface area contributed by atoms with Crippen LogP contribution in [0.2, 0.25) is 0 Å². The van der Waals surface area contributed by atoms with Gasteiger partial charge in [0, 0.05) is 5.41 Å². The third-order valence-electron chi connectivity index (χ3n) is 7.91. The second kappa shape index (κ2) is 10.6. The van der Waals surface area contributed by atoms with Crippen molar-refractivity contribution in [1.29, 1.82) is 0 Å². The highest BCUT2D eigenvalue weighted by molar-refractivity contribution is 5.89. The molecule has 3 atom stereocenters. The summed E-state index contributed by atoms with van der Waals surface area (Å²) in [4.78, 5) is 25.4. The van der Waals surface area contributed by atoms with E-state index in [1.54, 1.807) is 12.1 Å². The van der Waals surface area contributed by atoms with Crippen LogP contribution in [0.5, 0.6) is 0 Å². The van der Waals surface area contributed by atoms with Gasteiger partial charge in [-0.3, -0.25) is 4.79 Å². The van der Waals surface area contributed by atoms with E-state index in [4.69, 9.17) is 15.2 Å². The summed E-state index contributed by atoms with van der Waals surface area (Å²) in [6, 6.07) is 23.6. The predicted octanol–water partition coefficient (Wildman–Crippen LogP) is 5.86. The zero-order valence-corrected chi connectivity index (χ0v) is 22.3. The van der Waals surface area contributed by atoms with E-state index in [1.165, 1.54) is 29.4 Å². The number of carbonyl (C=O) groups excluding carboxylic acids is 2. The van der Waals surface area contributed by atoms with E-state index in [1.807, 2.05) is 24.3 Å². The maximum atomic E-state index is 13.4. The van der Waals surface area contributed by atoms with Crippen LogP contribution in [-0.4, -0.2) is 25.1 Å². The van der Waals surface area contributed by atoms with Crippen LogP contribution in [0.25, 0.3) is 6.08 Å². The lowest BCUT2D eigenvalue weighted by Crippen LogP contribution is -2.39. The highest BCUT2D eigenvalue weighted by Gasteiger charge is 2.51. The van der Waals surface area contributed by atoms with Crippen molar-refractivity contribution in [3.8, 4) is 0 Å². The minimum atomic E-state index is -0.672. The molecule has 0 fully saturated rings. The highest BCUT2D eigenvalue weighted by Crippen LogP contribution is 2.56. The highest BCUT2D eigenvalue weighted by atomic mass is 16.5. The van der Waals surface area contributed by atoms with Crippen molar-refractivity contribution in [2.45, 2.75) is 51.7 Å². The van der Waals surface area contributed by atoms with Gasteiger partial charge in [-0.2, -0.15) is 0 Å². The van der Waals surface area contributed by atoms with Crippen molar-refractivity contribution >= 4 is 18.0 Å². The van der Waals surface area contributed by atoms with Crippen LogP contribution >= 0.6 is 0 Å². The molecule has 3 aromatic carbocycles. The number of benzene rings is 3. The lowest BCUT2D eigenvalue weighted by atomic mass is 9.70. The zero-order valence-electron chi connectivity index (χ0n) is 22.3. The summed E-state index contributed by atoms with van der Waals surface area (Å²) in [5, 5.41) is 0. The first-order chi connectivity index (χ1) is 18.3. The third-order valence-corrected chi connectivity index (χ3v) is 7.91. The number of fused-ring (bicyclic) bond motifs is 2. The Bertz CT molecular complexity index is 1370. The number of nitrogens with two attached hydrogens (primary N) is 1. The Morgan fingerprint density at radius 2 is 1.66 bits per heavy atom. The molecule has 0 spiro atoms. The van der Waals surface area contributed by atoms with Crippen molar-refractivity contribution in [1.82, 2.24) is 0 Å². The van der Waals surface area contributed by atoms with Gasteiger partial charge < -0.3 is 15.2 Å². The summed E-state index contributed by atoms with van der Waals surface area (Å²) in [5.74, 6) is -0.431. The summed E-state index contributed by atoms with van der Waals surface area (Å²) in [7, 11) is 1.38. The van der Waals surface area contributed by atoms with Crippen LogP contribution < -0.4 is 5.73 Å². The summed E-state index contributed by atoms with van der Waals surface area (Å²) in [5.41, 5.74) is 13.4. The third kappa shape index (κ3) is 4.91. The molecule has 0 bridgehead atoms. The van der Waals surface area contributed by atoms with Crippen LogP contribution in [-0.2, 0) is 33.5 Å². The van der Waals surface area contributed by atoms with Crippen molar-refractivity contribution in [2.75, 3.05) is 7.11 Å². The van der Waals surface area contributed by atoms with Gasteiger partial charge in [-0.1, -0.05) is 86.2 Å². The monoisotopic (exact) mass is 509 g/mol. The Hall–Kier alpha value is -3.70. The number of rotatable bonds is 8. The van der Waals surface area contributed by atoms with Gasteiger partial charge in [-0.05, 0) is 71.6 Å². The Labute approximate surface area is 224 Å². The van der Waals surface area contributed by atoms with E-state index in [-0.39, 0.29) is 11.9 Å². The van der Waals surface area contributed by atoms with Gasteiger partial charge in [-0.25, -0.2) is 4.79 Å². The van der Waals surface area contributed by atoms with Gasteiger partial charge in [0.2, 0.25) is 0 Å². The smallest absolute Gasteiger partial charge is 0.337 e. The van der Waals surface area contributed by atoms with Crippen molar-refractivity contribution in [2.24, 2.45) is 17.1 Å². The fraction of sp³-hybridized carbons (Fsp3) is 0.333. The van der Waals surface area contributed by atoms with E-state index in [0.29, 0.717) is 24.3 Å². The molecule has 0 aromatic heterocycles. The molecule has 0 unspecified atom stereocenters. The molecule has 0 amide bonds. The van der Waals surface area contributed by atoms with Crippen LogP contribution in [0.1, 0.15) is 64.5 Å². The van der Waals surface area contributed by atoms with Gasteiger partial charge in [-0.15, -0.1) is 0 Å². The van der Waals surface area contributed by atoms with Gasteiger partial charge in [0.1, 0.15) is 12.1 Å². The number of esters is 2. The lowest BCUT2D eigenvalue weighted by Gasteiger charge is -2.38. The van der Waals surface area contributed by atoms with E-state index >= 15 is 0 Å². The standard InChI is InChI=1S/C33H35NO4/c1-21(2)16-29(34)32(36)38-30-28-11-7-6-10-26(28)20-33(30,27-17-24-8-4-5-9-25(24)18-27)19-22-12-14-23(15-13-22)31(35)37-3/h4-15,17,21,29-30H,16,18-20,34H2,1-3H3/t29-,30+,33-/m0/s1. The first-order valence-electron chi connectivity index (χ1n) is 13.3. The SMILES string of the molecule is COC(=O)c1ccc(C[C@@]2(C3=Cc4ccccc4C3)Cc3ccccc3[C@H]2OC(=O)[C@@H](N)CC(C)C)cc1. The fourth-order valence-electron chi connectivity index (χ4n) is 6.06. The molecule has 38 heavy (non-hydrogen) atoms. The Kier molecular flexibility index (Phi) is 7.22. The average molecular weight is 510 g/mol. The number of hydrogen-bond acceptors (Lipinski definition) is 5. The van der Waals surface area contributed by atoms with Gasteiger partial charge >= 0.3 is 11.9 Å². The first kappa shape index (κ1) is 25.9. The Balaban J connectivity index is 1.58. The maximum Gasteiger partial charge on any atom is 0.337 e. The normalized spacial score (nSPS) is 20.4. The molecule has 5 nitrogen and oxygen atoms in total. The number of hydrogen-bond donors (Lipinski definition) is 1. The quantitative estimate of drug-likeness (QED) is 0.385. The molecule has 3 aromatic rings. The summed E-state index contributed by atoms with van der Waals surface area (Å²) in [6.45, 7) is 4.11. The molecule has 0 saturated heterocycles. The van der Waals surface area contributed by atoms with Crippen LogP contribution in [0, 0.1) is 11.3 Å². The number of ether oxygens (including phenoxy) is 2. The van der Waals surface area contributed by atoms with Crippen LogP contribution in [0.4, 0.5) is 0 Å². The van der Waals surface area contributed by atoms with E-state index < -0.39 is 17.6 Å². The Morgan fingerprint density at radius 1 is 0.974 bits per heavy atom. The Morgan fingerprint density at radius 3 is 2.34 bits per heavy atom. The van der Waals surface area contributed by atoms with E-state index in [0.717, 1.165) is 24.0 Å². The molecule has 2 aliphatic rings. The molecule has 5 heteroatoms. The number of methoxy groups -OCH3 is 1. The minimum Gasteiger partial charge on any atom is -0.465 e. The summed E-state index contributed by atoms with van der Waals surface area (Å²) in [6.07, 6.45) is 4.59. The molecule has 2 aliphatic carbocycles. The summed E-state index contributed by atoms with van der Waals surface area (Å²) >= 11 is 0. The van der Waals surface area contributed by atoms with Gasteiger partial charge in [0.05, 0.1) is 12.7 Å². The molecule has 0 aliphatic heterocycles. The average Bonchev–Trinajstić information content (AvgIpc) is 3.48. The first-order valence-corrected chi connectivity index (χ1v) is 13.3. The zero-order chi connectivity index (χ0) is 26.9. The van der Waals surface area contributed by atoms with Crippen molar-refractivity contribution < 1.29 is 19.1 Å². The summed E-state index contributed by atoms with van der Waals surface area (Å²) < 4.78 is 11.3. The molecule has 2 N–H and O–H groups in total. The predicted molar refractivity (Wildman–Crippen MR) is 148 cm³/mol. The van der Waals surface area contributed by atoms with Crippen LogP contribution in [0.3, 0.4) is 0 Å². The molecule has 0 saturated carbocycles. The van der Waals surface area contributed by atoms with E-state index in [2.05, 4.69) is 56.3 Å². The van der Waals surface area contributed by atoms with E-state index in [9.17, 15) is 9.59 Å². The molecule has 196 valence electrons. The number of carbonyl (C=O) groups is 2. The minimum absolute atomic E-state index is 0.290. The molecule has 0 heterocycles. The largest absolute Gasteiger partial charge is 0.465 e. The fourth-order valence-corrected chi connectivity index (χ4v) is 6.06. The maximum absolute atomic E-state index is 13.4. The molecular formula is C33H35NO4. The van der Waals surface area contributed by atoms with Gasteiger partial charge in [0.25, 0.3) is 0 Å². The molecule has 5 rings (SSSR count). The topological polar surface area (TPSA) is 78.6 Å².